The highest BCUT2D eigenvalue weighted by atomic mass is 16.2. The van der Waals surface area contributed by atoms with Crippen LogP contribution < -0.4 is 16.0 Å². The van der Waals surface area contributed by atoms with Crippen LogP contribution >= 0.6 is 0 Å². The fourth-order valence-electron chi connectivity index (χ4n) is 2.08. The monoisotopic (exact) mass is 276 g/mol. The molecule has 0 fully saturated rings. The predicted octanol–water partition coefficient (Wildman–Crippen LogP) is 1.49. The van der Waals surface area contributed by atoms with Gasteiger partial charge in [-0.05, 0) is 25.5 Å². The number of carbonyl (C=O) groups is 1. The van der Waals surface area contributed by atoms with Gasteiger partial charge in [-0.25, -0.2) is 14.3 Å². The summed E-state index contributed by atoms with van der Waals surface area (Å²) in [6.07, 6.45) is 2.90. The number of aromatic nitrogens is 2. The molecular weight excluding hydrogens is 254 g/mol. The topological polar surface area (TPSA) is 97.8 Å². The summed E-state index contributed by atoms with van der Waals surface area (Å²) in [6, 6.07) is 5.33. The van der Waals surface area contributed by atoms with Crippen molar-refractivity contribution in [3.63, 3.8) is 0 Å². The SMILES string of the molecule is C[N+](C)(C(N)=O)c1ccc2nc(CCCCN)[nH]c2c1. The largest absolute Gasteiger partial charge is 0.418 e. The fraction of sp³-hybridized carbons (Fsp3) is 0.429. The van der Waals surface area contributed by atoms with Crippen molar-refractivity contribution >= 4 is 22.8 Å². The highest BCUT2D eigenvalue weighted by Gasteiger charge is 2.26. The number of urea groups is 1. The van der Waals surface area contributed by atoms with E-state index in [-0.39, 0.29) is 4.48 Å². The molecule has 0 unspecified atom stereocenters. The maximum atomic E-state index is 11.5. The summed E-state index contributed by atoms with van der Waals surface area (Å²) >= 11 is 0. The molecular formula is C14H22N5O+. The minimum absolute atomic E-state index is 0.0114. The molecule has 1 aromatic carbocycles. The third kappa shape index (κ3) is 2.81. The highest BCUT2D eigenvalue weighted by Crippen LogP contribution is 2.24. The molecule has 20 heavy (non-hydrogen) atoms. The van der Waals surface area contributed by atoms with E-state index in [1.807, 2.05) is 18.2 Å². The Labute approximate surface area is 118 Å². The van der Waals surface area contributed by atoms with Gasteiger partial charge in [-0.2, -0.15) is 0 Å². The van der Waals surface area contributed by atoms with Crippen LogP contribution in [-0.2, 0) is 6.42 Å². The van der Waals surface area contributed by atoms with Crippen LogP contribution in [0, 0.1) is 0 Å². The Balaban J connectivity index is 2.28. The van der Waals surface area contributed by atoms with Gasteiger partial charge in [-0.3, -0.25) is 0 Å². The number of carbonyl (C=O) groups excluding carboxylic acids is 1. The minimum atomic E-state index is -0.396. The molecule has 0 saturated carbocycles. The summed E-state index contributed by atoms with van der Waals surface area (Å²) in [5.41, 5.74) is 13.6. The third-order valence-electron chi connectivity index (χ3n) is 3.58. The minimum Gasteiger partial charge on any atom is -0.342 e. The number of rotatable bonds is 5. The van der Waals surface area contributed by atoms with Crippen molar-refractivity contribution in [2.24, 2.45) is 11.5 Å². The molecule has 2 aromatic rings. The van der Waals surface area contributed by atoms with Crippen molar-refractivity contribution < 1.29 is 4.79 Å². The van der Waals surface area contributed by atoms with Crippen LogP contribution in [0.2, 0.25) is 0 Å². The summed E-state index contributed by atoms with van der Waals surface area (Å²) in [7, 11) is 3.53. The number of quaternary nitrogens is 1. The Morgan fingerprint density at radius 3 is 2.75 bits per heavy atom. The zero-order valence-corrected chi connectivity index (χ0v) is 12.0. The van der Waals surface area contributed by atoms with Gasteiger partial charge in [0.15, 0.2) is 0 Å². The van der Waals surface area contributed by atoms with Gasteiger partial charge in [0.25, 0.3) is 0 Å². The summed E-state index contributed by atoms with van der Waals surface area (Å²) in [5.74, 6) is 0.954. The number of imidazole rings is 1. The molecule has 0 spiro atoms. The molecule has 0 aliphatic carbocycles. The van der Waals surface area contributed by atoms with Crippen molar-refractivity contribution in [2.75, 3.05) is 20.6 Å². The van der Waals surface area contributed by atoms with Crippen molar-refractivity contribution in [3.05, 3.63) is 24.0 Å². The summed E-state index contributed by atoms with van der Waals surface area (Å²) in [4.78, 5) is 19.3. The quantitative estimate of drug-likeness (QED) is 0.570. The van der Waals surface area contributed by atoms with Crippen LogP contribution in [0.1, 0.15) is 18.7 Å². The van der Waals surface area contributed by atoms with Crippen LogP contribution in [-0.4, -0.2) is 36.6 Å². The lowest BCUT2D eigenvalue weighted by molar-refractivity contribution is 0.227. The second-order valence-corrected chi connectivity index (χ2v) is 5.42. The summed E-state index contributed by atoms with van der Waals surface area (Å²) in [6.45, 7) is 0.703. The number of primary amides is 1. The number of benzene rings is 1. The van der Waals surface area contributed by atoms with Gasteiger partial charge in [-0.1, -0.05) is 0 Å². The number of nitrogens with one attached hydrogen (secondary N) is 1. The highest BCUT2D eigenvalue weighted by molar-refractivity contribution is 5.88. The van der Waals surface area contributed by atoms with Crippen LogP contribution in [0.3, 0.4) is 0 Å². The predicted molar refractivity (Wildman–Crippen MR) is 81.3 cm³/mol. The first-order valence-corrected chi connectivity index (χ1v) is 6.78. The van der Waals surface area contributed by atoms with Crippen molar-refractivity contribution in [1.82, 2.24) is 14.5 Å². The molecule has 6 heteroatoms. The normalized spacial score (nSPS) is 11.9. The van der Waals surface area contributed by atoms with Crippen LogP contribution in [0.15, 0.2) is 18.2 Å². The van der Waals surface area contributed by atoms with E-state index in [4.69, 9.17) is 11.5 Å². The van der Waals surface area contributed by atoms with E-state index in [0.717, 1.165) is 41.8 Å². The maximum Gasteiger partial charge on any atom is 0.418 e. The van der Waals surface area contributed by atoms with Gasteiger partial charge in [0.2, 0.25) is 0 Å². The van der Waals surface area contributed by atoms with Gasteiger partial charge in [0.05, 0.1) is 25.1 Å². The Kier molecular flexibility index (Phi) is 4.06. The van der Waals surface area contributed by atoms with E-state index in [1.165, 1.54) is 0 Å². The van der Waals surface area contributed by atoms with E-state index >= 15 is 0 Å². The van der Waals surface area contributed by atoms with E-state index in [1.54, 1.807) is 14.1 Å². The number of H-pyrrole nitrogens is 1. The summed E-state index contributed by atoms with van der Waals surface area (Å²) in [5, 5.41) is 0. The van der Waals surface area contributed by atoms with E-state index in [9.17, 15) is 4.79 Å². The van der Waals surface area contributed by atoms with E-state index < -0.39 is 6.03 Å². The molecule has 0 atom stereocenters. The third-order valence-corrected chi connectivity index (χ3v) is 3.58. The molecule has 2 rings (SSSR count). The Hall–Kier alpha value is -1.92. The molecule has 0 aliphatic rings. The van der Waals surface area contributed by atoms with Gasteiger partial charge < -0.3 is 16.5 Å². The molecule has 5 N–H and O–H groups in total. The number of amides is 2. The van der Waals surface area contributed by atoms with E-state index in [0.29, 0.717) is 6.54 Å². The van der Waals surface area contributed by atoms with Crippen molar-refractivity contribution in [1.29, 1.82) is 0 Å². The number of fused-ring (bicyclic) bond motifs is 1. The average Bonchev–Trinajstić information content (AvgIpc) is 2.80. The zero-order chi connectivity index (χ0) is 14.8. The smallest absolute Gasteiger partial charge is 0.342 e. The molecule has 2 amide bonds. The first kappa shape index (κ1) is 14.5. The fourth-order valence-corrected chi connectivity index (χ4v) is 2.08. The maximum absolute atomic E-state index is 11.5. The average molecular weight is 276 g/mol. The molecule has 0 saturated heterocycles. The lowest BCUT2D eigenvalue weighted by Gasteiger charge is -2.23. The number of aryl methyl sites for hydroxylation is 1. The van der Waals surface area contributed by atoms with Gasteiger partial charge in [-0.15, -0.1) is 0 Å². The molecule has 1 heterocycles. The number of nitrogens with zero attached hydrogens (tertiary/aromatic N) is 2. The molecule has 0 bridgehead atoms. The second-order valence-electron chi connectivity index (χ2n) is 5.42. The van der Waals surface area contributed by atoms with Crippen molar-refractivity contribution in [2.45, 2.75) is 19.3 Å². The lowest BCUT2D eigenvalue weighted by atomic mass is 10.2. The van der Waals surface area contributed by atoms with Gasteiger partial charge >= 0.3 is 6.03 Å². The number of aromatic amines is 1. The standard InChI is InChI=1S/C14H21N5O/c1-19(2,14(16)20)10-6-7-11-12(9-10)18-13(17-11)5-3-4-8-15/h6-7,9H,3-5,8,15H2,1-2H3,(H2-,16,17,18,20)/p+1. The Bertz CT molecular complexity index is 617. The summed E-state index contributed by atoms with van der Waals surface area (Å²) < 4.78 is 0.0114. The Morgan fingerprint density at radius 2 is 2.10 bits per heavy atom. The number of unbranched alkanes of at least 4 members (excludes halogenated alkanes) is 1. The molecule has 6 nitrogen and oxygen atoms in total. The van der Waals surface area contributed by atoms with E-state index in [2.05, 4.69) is 9.97 Å². The van der Waals surface area contributed by atoms with Crippen molar-refractivity contribution in [3.8, 4) is 0 Å². The molecule has 0 radical (unpaired) electrons. The van der Waals surface area contributed by atoms with Gasteiger partial charge in [0, 0.05) is 18.6 Å². The number of hydrogen-bond donors (Lipinski definition) is 3. The molecule has 0 aliphatic heterocycles. The van der Waals surface area contributed by atoms with Crippen LogP contribution in [0.5, 0.6) is 0 Å². The molecule has 108 valence electrons. The number of nitrogens with two attached hydrogens (primary N) is 2. The van der Waals surface area contributed by atoms with Gasteiger partial charge in [0.1, 0.15) is 11.5 Å². The zero-order valence-electron chi connectivity index (χ0n) is 12.0. The first-order valence-electron chi connectivity index (χ1n) is 6.78. The Morgan fingerprint density at radius 1 is 1.35 bits per heavy atom. The number of hydrogen-bond acceptors (Lipinski definition) is 3. The second kappa shape index (κ2) is 5.60. The first-order chi connectivity index (χ1) is 9.45. The lowest BCUT2D eigenvalue weighted by Crippen LogP contribution is -2.50. The van der Waals surface area contributed by atoms with Crippen LogP contribution in [0.25, 0.3) is 11.0 Å². The molecule has 1 aromatic heterocycles. The van der Waals surface area contributed by atoms with Crippen LogP contribution in [0.4, 0.5) is 10.5 Å².